The Morgan fingerprint density at radius 3 is 2.17 bits per heavy atom. The van der Waals surface area contributed by atoms with Gasteiger partial charge in [-0.3, -0.25) is 9.59 Å². The maximum atomic E-state index is 12.6. The zero-order valence-corrected chi connectivity index (χ0v) is 13.8. The van der Waals surface area contributed by atoms with Crippen molar-refractivity contribution in [3.8, 4) is 5.75 Å². The molecule has 124 valence electrons. The highest BCUT2D eigenvalue weighted by Gasteiger charge is 2.41. The van der Waals surface area contributed by atoms with Gasteiger partial charge in [0.25, 0.3) is 0 Å². The first-order chi connectivity index (χ1) is 11.7. The summed E-state index contributed by atoms with van der Waals surface area (Å²) in [6, 6.07) is 7.68. The third-order valence-corrected chi connectivity index (χ3v) is 5.07. The molecule has 4 nitrogen and oxygen atoms in total. The minimum atomic E-state index is -0.306. The lowest BCUT2D eigenvalue weighted by Crippen LogP contribution is -2.30. The molecule has 1 aromatic rings. The number of rotatable bonds is 2. The molecule has 0 N–H and O–H groups in total. The molecular formula is C20H20O4. The Kier molecular flexibility index (Phi) is 3.75. The van der Waals surface area contributed by atoms with Gasteiger partial charge in [-0.15, -0.1) is 0 Å². The number of carbonyl (C=O) groups is 2. The number of ether oxygens (including phenoxy) is 2. The second kappa shape index (κ2) is 5.93. The van der Waals surface area contributed by atoms with Crippen LogP contribution in [0.1, 0.15) is 50.0 Å². The van der Waals surface area contributed by atoms with Crippen molar-refractivity contribution in [3.63, 3.8) is 0 Å². The van der Waals surface area contributed by atoms with E-state index in [1.165, 1.54) is 0 Å². The maximum absolute atomic E-state index is 12.6. The Balaban J connectivity index is 1.90. The number of hydrogen-bond acceptors (Lipinski definition) is 4. The molecule has 0 spiro atoms. The van der Waals surface area contributed by atoms with Gasteiger partial charge in [-0.2, -0.15) is 0 Å². The molecule has 0 amide bonds. The first kappa shape index (κ1) is 15.2. The SMILES string of the molecule is COc1cccc(C2C3=C(CCCC3=O)OC3=C2C(=O)CCC3)c1. The lowest BCUT2D eigenvalue weighted by molar-refractivity contribution is -0.117. The molecule has 1 aromatic carbocycles. The Morgan fingerprint density at radius 1 is 0.958 bits per heavy atom. The van der Waals surface area contributed by atoms with Crippen LogP contribution in [-0.4, -0.2) is 18.7 Å². The molecule has 24 heavy (non-hydrogen) atoms. The maximum Gasteiger partial charge on any atom is 0.163 e. The van der Waals surface area contributed by atoms with E-state index >= 15 is 0 Å². The molecule has 4 rings (SSSR count). The first-order valence-corrected chi connectivity index (χ1v) is 8.53. The van der Waals surface area contributed by atoms with Crippen LogP contribution in [0.15, 0.2) is 46.9 Å². The van der Waals surface area contributed by atoms with Gasteiger partial charge in [0.15, 0.2) is 11.6 Å². The van der Waals surface area contributed by atoms with Crippen LogP contribution in [0.5, 0.6) is 5.75 Å². The fraction of sp³-hybridized carbons (Fsp3) is 0.400. The third-order valence-electron chi connectivity index (χ3n) is 5.07. The van der Waals surface area contributed by atoms with Crippen LogP contribution >= 0.6 is 0 Å². The summed E-state index contributed by atoms with van der Waals surface area (Å²) in [4.78, 5) is 25.3. The van der Waals surface area contributed by atoms with Crippen LogP contribution in [0.2, 0.25) is 0 Å². The predicted octanol–water partition coefficient (Wildman–Crippen LogP) is 3.82. The largest absolute Gasteiger partial charge is 0.497 e. The van der Waals surface area contributed by atoms with Gasteiger partial charge in [-0.25, -0.2) is 0 Å². The number of ketones is 2. The molecular weight excluding hydrogens is 304 g/mol. The fourth-order valence-corrected chi connectivity index (χ4v) is 3.97. The Bertz CT molecular complexity index is 743. The van der Waals surface area contributed by atoms with Crippen LogP contribution in [0.25, 0.3) is 0 Å². The van der Waals surface area contributed by atoms with E-state index in [4.69, 9.17) is 9.47 Å². The van der Waals surface area contributed by atoms with Crippen molar-refractivity contribution in [2.24, 2.45) is 0 Å². The average Bonchev–Trinajstić information content (AvgIpc) is 2.60. The zero-order valence-electron chi connectivity index (χ0n) is 13.8. The van der Waals surface area contributed by atoms with E-state index in [0.29, 0.717) is 24.0 Å². The average molecular weight is 324 g/mol. The molecule has 3 aliphatic rings. The summed E-state index contributed by atoms with van der Waals surface area (Å²) in [5.74, 6) is 2.18. The third kappa shape index (κ3) is 2.37. The number of allylic oxidation sites excluding steroid dienone is 4. The normalized spacial score (nSPS) is 21.4. The quantitative estimate of drug-likeness (QED) is 0.830. The van der Waals surface area contributed by atoms with Gasteiger partial charge in [0.05, 0.1) is 7.11 Å². The van der Waals surface area contributed by atoms with Crippen LogP contribution in [-0.2, 0) is 14.3 Å². The molecule has 4 heteroatoms. The van der Waals surface area contributed by atoms with E-state index in [2.05, 4.69) is 0 Å². The van der Waals surface area contributed by atoms with Gasteiger partial charge < -0.3 is 9.47 Å². The van der Waals surface area contributed by atoms with Crippen LogP contribution in [0.4, 0.5) is 0 Å². The van der Waals surface area contributed by atoms with Crippen molar-refractivity contribution in [1.82, 2.24) is 0 Å². The lowest BCUT2D eigenvalue weighted by atomic mass is 9.73. The number of hydrogen-bond donors (Lipinski definition) is 0. The summed E-state index contributed by atoms with van der Waals surface area (Å²) in [6.45, 7) is 0. The summed E-state index contributed by atoms with van der Waals surface area (Å²) in [7, 11) is 1.62. The molecule has 0 unspecified atom stereocenters. The van der Waals surface area contributed by atoms with Gasteiger partial charge in [-0.1, -0.05) is 12.1 Å². The van der Waals surface area contributed by atoms with Crippen molar-refractivity contribution >= 4 is 11.6 Å². The van der Waals surface area contributed by atoms with Crippen LogP contribution < -0.4 is 4.74 Å². The zero-order chi connectivity index (χ0) is 16.7. The Labute approximate surface area is 141 Å². The van der Waals surface area contributed by atoms with Gasteiger partial charge in [-0.05, 0) is 30.5 Å². The van der Waals surface area contributed by atoms with Crippen molar-refractivity contribution in [2.45, 2.75) is 44.4 Å². The molecule has 1 aliphatic heterocycles. The number of benzene rings is 1. The monoisotopic (exact) mass is 324 g/mol. The molecule has 0 atom stereocenters. The van der Waals surface area contributed by atoms with E-state index in [9.17, 15) is 9.59 Å². The van der Waals surface area contributed by atoms with Crippen molar-refractivity contribution in [3.05, 3.63) is 52.5 Å². The molecule has 0 saturated carbocycles. The highest BCUT2D eigenvalue weighted by Crippen LogP contribution is 2.47. The molecule has 1 heterocycles. The van der Waals surface area contributed by atoms with Gasteiger partial charge in [0.2, 0.25) is 0 Å². The molecule has 0 bridgehead atoms. The van der Waals surface area contributed by atoms with Crippen LogP contribution in [0.3, 0.4) is 0 Å². The fourth-order valence-electron chi connectivity index (χ4n) is 3.97. The second-order valence-corrected chi connectivity index (χ2v) is 6.54. The van der Waals surface area contributed by atoms with Crippen molar-refractivity contribution in [2.75, 3.05) is 7.11 Å². The summed E-state index contributed by atoms with van der Waals surface area (Å²) >= 11 is 0. The summed E-state index contributed by atoms with van der Waals surface area (Å²) in [6.07, 6.45) is 4.23. The summed E-state index contributed by atoms with van der Waals surface area (Å²) in [5.41, 5.74) is 2.30. The van der Waals surface area contributed by atoms with Crippen molar-refractivity contribution < 1.29 is 19.1 Å². The standard InChI is InChI=1S/C20H20O4/c1-23-13-6-2-5-12(11-13)18-19-14(21)7-3-9-16(19)24-17-10-4-8-15(22)20(17)18/h2,5-6,11,18H,3-4,7-10H2,1H3. The van der Waals surface area contributed by atoms with Gasteiger partial charge in [0.1, 0.15) is 17.3 Å². The van der Waals surface area contributed by atoms with Gasteiger partial charge in [0, 0.05) is 42.7 Å². The lowest BCUT2D eigenvalue weighted by Gasteiger charge is -2.36. The van der Waals surface area contributed by atoms with E-state index in [1.807, 2.05) is 24.3 Å². The van der Waals surface area contributed by atoms with Crippen LogP contribution in [0, 0.1) is 0 Å². The molecule has 0 saturated heterocycles. The summed E-state index contributed by atoms with van der Waals surface area (Å²) < 4.78 is 11.4. The Morgan fingerprint density at radius 2 is 1.58 bits per heavy atom. The van der Waals surface area contributed by atoms with E-state index in [-0.39, 0.29) is 17.5 Å². The Hall–Kier alpha value is -2.36. The van der Waals surface area contributed by atoms with E-state index in [0.717, 1.165) is 48.5 Å². The summed E-state index contributed by atoms with van der Waals surface area (Å²) in [5, 5.41) is 0. The highest BCUT2D eigenvalue weighted by atomic mass is 16.5. The minimum absolute atomic E-state index is 0.106. The minimum Gasteiger partial charge on any atom is -0.497 e. The first-order valence-electron chi connectivity index (χ1n) is 8.53. The predicted molar refractivity (Wildman–Crippen MR) is 88.6 cm³/mol. The molecule has 0 radical (unpaired) electrons. The number of carbonyl (C=O) groups excluding carboxylic acids is 2. The number of methoxy groups -OCH3 is 1. The van der Waals surface area contributed by atoms with Crippen molar-refractivity contribution in [1.29, 1.82) is 0 Å². The smallest absolute Gasteiger partial charge is 0.163 e. The number of Topliss-reactive ketones (excluding diaryl/α,β-unsaturated/α-hetero) is 2. The molecule has 0 fully saturated rings. The highest BCUT2D eigenvalue weighted by molar-refractivity contribution is 6.05. The second-order valence-electron chi connectivity index (χ2n) is 6.54. The van der Waals surface area contributed by atoms with Gasteiger partial charge >= 0.3 is 0 Å². The topological polar surface area (TPSA) is 52.6 Å². The van der Waals surface area contributed by atoms with E-state index in [1.54, 1.807) is 7.11 Å². The van der Waals surface area contributed by atoms with E-state index < -0.39 is 0 Å². The molecule has 0 aromatic heterocycles. The molecule has 2 aliphatic carbocycles.